The van der Waals surface area contributed by atoms with Crippen LogP contribution < -0.4 is 11.5 Å². The second-order valence-corrected chi connectivity index (χ2v) is 5.06. The van der Waals surface area contributed by atoms with Gasteiger partial charge in [-0.25, -0.2) is 0 Å². The van der Waals surface area contributed by atoms with E-state index in [9.17, 15) is 0 Å². The Morgan fingerprint density at radius 1 is 0.882 bits per heavy atom. The molecule has 17 heavy (non-hydrogen) atoms. The fourth-order valence-corrected chi connectivity index (χ4v) is 2.20. The number of hydrogen-bond acceptors (Lipinski definition) is 3. The lowest BCUT2D eigenvalue weighted by atomic mass is 9.98. The molecule has 0 spiro atoms. The molecule has 104 valence electrons. The monoisotopic (exact) mass is 243 g/mol. The van der Waals surface area contributed by atoms with Gasteiger partial charge in [0, 0.05) is 6.54 Å². The van der Waals surface area contributed by atoms with Crippen molar-refractivity contribution in [2.75, 3.05) is 6.54 Å². The summed E-state index contributed by atoms with van der Waals surface area (Å²) < 4.78 is 0. The van der Waals surface area contributed by atoms with Gasteiger partial charge < -0.3 is 11.5 Å². The Kier molecular flexibility index (Phi) is 9.79. The van der Waals surface area contributed by atoms with E-state index in [1.54, 1.807) is 0 Å². The Morgan fingerprint density at radius 2 is 1.41 bits per heavy atom. The Balaban J connectivity index is 4.37. The number of nitrogens with two attached hydrogens (primary N) is 2. The van der Waals surface area contributed by atoms with Crippen LogP contribution in [0.15, 0.2) is 0 Å². The summed E-state index contributed by atoms with van der Waals surface area (Å²) in [4.78, 5) is 2.30. The van der Waals surface area contributed by atoms with Gasteiger partial charge in [-0.2, -0.15) is 0 Å². The second kappa shape index (κ2) is 9.86. The molecule has 0 amide bonds. The van der Waals surface area contributed by atoms with Gasteiger partial charge in [0.15, 0.2) is 0 Å². The summed E-state index contributed by atoms with van der Waals surface area (Å²) in [6.45, 7) is 9.84. The molecule has 0 saturated heterocycles. The second-order valence-electron chi connectivity index (χ2n) is 5.06. The molecular formula is C14H33N3. The molecule has 0 rings (SSSR count). The van der Waals surface area contributed by atoms with Crippen molar-refractivity contribution in [1.29, 1.82) is 0 Å². The third-order valence-electron chi connectivity index (χ3n) is 3.70. The summed E-state index contributed by atoms with van der Waals surface area (Å²) >= 11 is 0. The van der Waals surface area contributed by atoms with Crippen LogP contribution in [0.1, 0.15) is 66.2 Å². The van der Waals surface area contributed by atoms with Crippen LogP contribution in [0.25, 0.3) is 0 Å². The lowest BCUT2D eigenvalue weighted by molar-refractivity contribution is 0.104. The quantitative estimate of drug-likeness (QED) is 0.580. The molecule has 0 aliphatic rings. The molecule has 0 aliphatic heterocycles. The van der Waals surface area contributed by atoms with Gasteiger partial charge in [0.1, 0.15) is 0 Å². The summed E-state index contributed by atoms with van der Waals surface area (Å²) in [6, 6.07) is 0. The van der Waals surface area contributed by atoms with Crippen LogP contribution in [-0.4, -0.2) is 23.8 Å². The van der Waals surface area contributed by atoms with Crippen LogP contribution in [0.5, 0.6) is 0 Å². The van der Waals surface area contributed by atoms with Crippen molar-refractivity contribution in [3.63, 3.8) is 0 Å². The highest BCUT2D eigenvalue weighted by molar-refractivity contribution is 4.73. The third kappa shape index (κ3) is 6.39. The molecule has 3 atom stereocenters. The molecule has 3 heteroatoms. The van der Waals surface area contributed by atoms with Crippen molar-refractivity contribution in [3.8, 4) is 0 Å². The maximum atomic E-state index is 6.17. The highest BCUT2D eigenvalue weighted by Gasteiger charge is 2.21. The molecule has 3 nitrogen and oxygen atoms in total. The molecule has 0 fully saturated rings. The van der Waals surface area contributed by atoms with Crippen molar-refractivity contribution in [2.45, 2.75) is 78.6 Å². The minimum Gasteiger partial charge on any atom is -0.316 e. The lowest BCUT2D eigenvalue weighted by Crippen LogP contribution is -2.53. The van der Waals surface area contributed by atoms with Gasteiger partial charge in [0.05, 0.1) is 12.3 Å². The van der Waals surface area contributed by atoms with Gasteiger partial charge in [-0.3, -0.25) is 4.90 Å². The van der Waals surface area contributed by atoms with Gasteiger partial charge in [-0.05, 0) is 25.2 Å². The summed E-state index contributed by atoms with van der Waals surface area (Å²) in [6.07, 6.45) is 7.28. The first kappa shape index (κ1) is 16.9. The van der Waals surface area contributed by atoms with Crippen LogP contribution in [0.2, 0.25) is 0 Å². The van der Waals surface area contributed by atoms with Gasteiger partial charge in [0.25, 0.3) is 0 Å². The SMILES string of the molecule is CCCCC(CC)CN(C(N)CC)C(N)CC. The average Bonchev–Trinajstić information content (AvgIpc) is 2.37. The van der Waals surface area contributed by atoms with E-state index in [4.69, 9.17) is 11.5 Å². The molecule has 0 saturated carbocycles. The molecule has 0 radical (unpaired) electrons. The summed E-state index contributed by atoms with van der Waals surface area (Å²) in [5.74, 6) is 0.741. The fraction of sp³-hybridized carbons (Fsp3) is 1.00. The zero-order valence-electron chi connectivity index (χ0n) is 12.3. The van der Waals surface area contributed by atoms with Gasteiger partial charge in [-0.1, -0.05) is 47.0 Å². The molecule has 0 aromatic rings. The smallest absolute Gasteiger partial charge is 0.0582 e. The predicted octanol–water partition coefficient (Wildman–Crippen LogP) is 2.89. The van der Waals surface area contributed by atoms with Crippen molar-refractivity contribution in [2.24, 2.45) is 17.4 Å². The van der Waals surface area contributed by atoms with Crippen molar-refractivity contribution in [1.82, 2.24) is 4.90 Å². The van der Waals surface area contributed by atoms with Gasteiger partial charge in [0.2, 0.25) is 0 Å². The Labute approximate surface area is 108 Å². The zero-order valence-corrected chi connectivity index (χ0v) is 12.3. The van der Waals surface area contributed by atoms with E-state index in [0.717, 1.165) is 25.3 Å². The third-order valence-corrected chi connectivity index (χ3v) is 3.70. The molecule has 0 bridgehead atoms. The van der Waals surface area contributed by atoms with Crippen molar-refractivity contribution >= 4 is 0 Å². The molecule has 0 aliphatic carbocycles. The van der Waals surface area contributed by atoms with E-state index < -0.39 is 0 Å². The maximum absolute atomic E-state index is 6.17. The van der Waals surface area contributed by atoms with E-state index in [2.05, 4.69) is 32.6 Å². The van der Waals surface area contributed by atoms with Crippen LogP contribution >= 0.6 is 0 Å². The fourth-order valence-electron chi connectivity index (χ4n) is 2.20. The van der Waals surface area contributed by atoms with Gasteiger partial charge in [-0.15, -0.1) is 0 Å². The number of unbranched alkanes of at least 4 members (excludes halogenated alkanes) is 1. The first-order valence-electron chi connectivity index (χ1n) is 7.37. The standard InChI is InChI=1S/C14H33N3/c1-5-9-10-12(6-2)11-17(13(15)7-3)14(16)8-4/h12-14H,5-11,15-16H2,1-4H3. The average molecular weight is 243 g/mol. The Hall–Kier alpha value is -0.120. The van der Waals surface area contributed by atoms with Crippen LogP contribution in [0, 0.1) is 5.92 Å². The van der Waals surface area contributed by atoms with E-state index >= 15 is 0 Å². The number of hydrogen-bond donors (Lipinski definition) is 2. The highest BCUT2D eigenvalue weighted by Crippen LogP contribution is 2.17. The van der Waals surface area contributed by atoms with Crippen molar-refractivity contribution < 1.29 is 0 Å². The zero-order chi connectivity index (χ0) is 13.3. The summed E-state index contributed by atoms with van der Waals surface area (Å²) in [5.41, 5.74) is 12.3. The van der Waals surface area contributed by atoms with Crippen molar-refractivity contribution in [3.05, 3.63) is 0 Å². The van der Waals surface area contributed by atoms with E-state index in [1.165, 1.54) is 25.7 Å². The van der Waals surface area contributed by atoms with Gasteiger partial charge >= 0.3 is 0 Å². The molecular weight excluding hydrogens is 210 g/mol. The van der Waals surface area contributed by atoms with Crippen LogP contribution in [0.3, 0.4) is 0 Å². The van der Waals surface area contributed by atoms with Crippen LogP contribution in [0.4, 0.5) is 0 Å². The van der Waals surface area contributed by atoms with E-state index in [0.29, 0.717) is 0 Å². The minimum atomic E-state index is 0.112. The summed E-state index contributed by atoms with van der Waals surface area (Å²) in [5, 5.41) is 0. The number of rotatable bonds is 10. The van der Waals surface area contributed by atoms with E-state index in [1.807, 2.05) is 0 Å². The topological polar surface area (TPSA) is 55.3 Å². The molecule has 3 unspecified atom stereocenters. The highest BCUT2D eigenvalue weighted by atomic mass is 15.3. The normalized spacial score (nSPS) is 17.1. The predicted molar refractivity (Wildman–Crippen MR) is 76.5 cm³/mol. The maximum Gasteiger partial charge on any atom is 0.0582 e. The first-order chi connectivity index (χ1) is 8.10. The molecule has 4 N–H and O–H groups in total. The molecule has 0 aromatic carbocycles. The first-order valence-corrected chi connectivity index (χ1v) is 7.37. The largest absolute Gasteiger partial charge is 0.316 e. The van der Waals surface area contributed by atoms with Crippen LogP contribution in [-0.2, 0) is 0 Å². The molecule has 0 heterocycles. The minimum absolute atomic E-state index is 0.112. The Bertz CT molecular complexity index is 163. The van der Waals surface area contributed by atoms with E-state index in [-0.39, 0.29) is 12.3 Å². The Morgan fingerprint density at radius 3 is 1.76 bits per heavy atom. The lowest BCUT2D eigenvalue weighted by Gasteiger charge is -2.35. The molecule has 0 aromatic heterocycles. The summed E-state index contributed by atoms with van der Waals surface area (Å²) in [7, 11) is 0. The number of nitrogens with zero attached hydrogens (tertiary/aromatic N) is 1.